The quantitative estimate of drug-likeness (QED) is 0.476. The zero-order valence-electron chi connectivity index (χ0n) is 7.89. The lowest BCUT2D eigenvalue weighted by Crippen LogP contribution is -2.07. The Balaban J connectivity index is 1.98. The highest BCUT2D eigenvalue weighted by Gasteiger charge is 2.25. The van der Waals surface area contributed by atoms with Gasteiger partial charge in [0.15, 0.2) is 0 Å². The highest BCUT2D eigenvalue weighted by molar-refractivity contribution is 6.20. The molecule has 1 saturated heterocycles. The SMILES string of the molecule is CCCCCCC1CCOC1Cl. The lowest BCUT2D eigenvalue weighted by atomic mass is 10.0. The molecule has 1 aliphatic heterocycles. The molecule has 72 valence electrons. The van der Waals surface area contributed by atoms with Gasteiger partial charge in [0, 0.05) is 12.5 Å². The van der Waals surface area contributed by atoms with Crippen LogP contribution in [0.3, 0.4) is 0 Å². The smallest absolute Gasteiger partial charge is 0.134 e. The van der Waals surface area contributed by atoms with E-state index in [1.807, 2.05) is 0 Å². The first-order valence-electron chi connectivity index (χ1n) is 5.10. The fourth-order valence-corrected chi connectivity index (χ4v) is 2.05. The van der Waals surface area contributed by atoms with Gasteiger partial charge in [-0.2, -0.15) is 0 Å². The van der Waals surface area contributed by atoms with Gasteiger partial charge in [-0.1, -0.05) is 44.2 Å². The number of halogens is 1. The van der Waals surface area contributed by atoms with Gasteiger partial charge in [0.05, 0.1) is 0 Å². The van der Waals surface area contributed by atoms with E-state index in [2.05, 4.69) is 6.92 Å². The summed E-state index contributed by atoms with van der Waals surface area (Å²) in [6, 6.07) is 0. The van der Waals surface area contributed by atoms with Gasteiger partial charge >= 0.3 is 0 Å². The van der Waals surface area contributed by atoms with Crippen LogP contribution in [0.15, 0.2) is 0 Å². The third kappa shape index (κ3) is 3.32. The number of ether oxygens (including phenoxy) is 1. The Kier molecular flexibility index (Phi) is 5.01. The number of alkyl halides is 1. The molecule has 0 aliphatic carbocycles. The fraction of sp³-hybridized carbons (Fsp3) is 1.00. The molecule has 1 fully saturated rings. The number of hydrogen-bond acceptors (Lipinski definition) is 1. The maximum absolute atomic E-state index is 5.97. The first-order valence-corrected chi connectivity index (χ1v) is 5.54. The molecule has 1 aliphatic rings. The molecule has 0 N–H and O–H groups in total. The highest BCUT2D eigenvalue weighted by Crippen LogP contribution is 2.28. The van der Waals surface area contributed by atoms with Crippen LogP contribution in [0.2, 0.25) is 0 Å². The van der Waals surface area contributed by atoms with E-state index in [1.54, 1.807) is 0 Å². The second-order valence-electron chi connectivity index (χ2n) is 3.62. The van der Waals surface area contributed by atoms with E-state index < -0.39 is 0 Å². The summed E-state index contributed by atoms with van der Waals surface area (Å²) in [6.45, 7) is 3.11. The second kappa shape index (κ2) is 5.82. The van der Waals surface area contributed by atoms with E-state index in [0.29, 0.717) is 5.92 Å². The Morgan fingerprint density at radius 2 is 2.17 bits per heavy atom. The molecule has 0 saturated carbocycles. The normalized spacial score (nSPS) is 29.5. The maximum atomic E-state index is 5.97. The standard InChI is InChI=1S/C10H19ClO/c1-2-3-4-5-6-9-7-8-12-10(9)11/h9-10H,2-8H2,1H3. The molecule has 0 bridgehead atoms. The topological polar surface area (TPSA) is 9.23 Å². The van der Waals surface area contributed by atoms with Gasteiger partial charge in [0.1, 0.15) is 5.56 Å². The molecule has 0 spiro atoms. The van der Waals surface area contributed by atoms with E-state index in [0.717, 1.165) is 6.61 Å². The molecule has 0 aromatic rings. The van der Waals surface area contributed by atoms with Crippen LogP contribution in [-0.4, -0.2) is 12.2 Å². The Morgan fingerprint density at radius 3 is 2.75 bits per heavy atom. The number of rotatable bonds is 5. The summed E-state index contributed by atoms with van der Waals surface area (Å²) in [7, 11) is 0. The summed E-state index contributed by atoms with van der Waals surface area (Å²) in [5.74, 6) is 0.628. The average molecular weight is 191 g/mol. The van der Waals surface area contributed by atoms with Gasteiger partial charge in [-0.25, -0.2) is 0 Å². The fourth-order valence-electron chi connectivity index (χ4n) is 1.71. The molecular weight excluding hydrogens is 172 g/mol. The first kappa shape index (κ1) is 10.3. The number of unbranched alkanes of at least 4 members (excludes halogenated alkanes) is 3. The van der Waals surface area contributed by atoms with Crippen molar-refractivity contribution < 1.29 is 4.74 Å². The molecule has 1 heterocycles. The molecular formula is C10H19ClO. The molecule has 1 rings (SSSR count). The van der Waals surface area contributed by atoms with Crippen molar-refractivity contribution in [3.05, 3.63) is 0 Å². The van der Waals surface area contributed by atoms with E-state index in [9.17, 15) is 0 Å². The first-order chi connectivity index (χ1) is 5.84. The van der Waals surface area contributed by atoms with Crippen LogP contribution in [0, 0.1) is 5.92 Å². The molecule has 0 aromatic carbocycles. The van der Waals surface area contributed by atoms with Gasteiger partial charge < -0.3 is 4.74 Å². The van der Waals surface area contributed by atoms with E-state index >= 15 is 0 Å². The lowest BCUT2D eigenvalue weighted by Gasteiger charge is -2.10. The average Bonchev–Trinajstić information content (AvgIpc) is 2.46. The van der Waals surface area contributed by atoms with E-state index in [4.69, 9.17) is 16.3 Å². The minimum absolute atomic E-state index is 0.00614. The minimum Gasteiger partial charge on any atom is -0.362 e. The third-order valence-corrected chi connectivity index (χ3v) is 3.05. The van der Waals surface area contributed by atoms with Gasteiger partial charge in [-0.05, 0) is 12.8 Å². The van der Waals surface area contributed by atoms with Gasteiger partial charge in [-0.3, -0.25) is 0 Å². The molecule has 0 amide bonds. The zero-order chi connectivity index (χ0) is 8.81. The van der Waals surface area contributed by atoms with Crippen LogP contribution in [0.5, 0.6) is 0 Å². The largest absolute Gasteiger partial charge is 0.362 e. The molecule has 0 aromatic heterocycles. The van der Waals surface area contributed by atoms with Crippen molar-refractivity contribution in [2.75, 3.05) is 6.61 Å². The predicted octanol–water partition coefficient (Wildman–Crippen LogP) is 3.56. The summed E-state index contributed by atoms with van der Waals surface area (Å²) in [4.78, 5) is 0. The minimum atomic E-state index is 0.00614. The van der Waals surface area contributed by atoms with Crippen molar-refractivity contribution in [3.63, 3.8) is 0 Å². The molecule has 2 heteroatoms. The van der Waals surface area contributed by atoms with Crippen LogP contribution in [0.4, 0.5) is 0 Å². The zero-order valence-corrected chi connectivity index (χ0v) is 8.65. The Morgan fingerprint density at radius 1 is 1.33 bits per heavy atom. The van der Waals surface area contributed by atoms with Crippen molar-refractivity contribution in [1.29, 1.82) is 0 Å². The summed E-state index contributed by atoms with van der Waals surface area (Å²) in [5.41, 5.74) is 0.00614. The highest BCUT2D eigenvalue weighted by atomic mass is 35.5. The maximum Gasteiger partial charge on any atom is 0.134 e. The monoisotopic (exact) mass is 190 g/mol. The second-order valence-corrected chi connectivity index (χ2v) is 4.05. The van der Waals surface area contributed by atoms with Crippen molar-refractivity contribution in [2.24, 2.45) is 5.92 Å². The van der Waals surface area contributed by atoms with Gasteiger partial charge in [0.25, 0.3) is 0 Å². The van der Waals surface area contributed by atoms with Crippen molar-refractivity contribution >= 4 is 11.6 Å². The van der Waals surface area contributed by atoms with Crippen molar-refractivity contribution in [3.8, 4) is 0 Å². The summed E-state index contributed by atoms with van der Waals surface area (Å²) in [5, 5.41) is 0. The van der Waals surface area contributed by atoms with Crippen LogP contribution in [0.1, 0.15) is 45.4 Å². The predicted molar refractivity (Wildman–Crippen MR) is 52.5 cm³/mol. The molecule has 2 atom stereocenters. The van der Waals surface area contributed by atoms with E-state index in [-0.39, 0.29) is 5.56 Å². The van der Waals surface area contributed by atoms with Crippen LogP contribution in [0.25, 0.3) is 0 Å². The van der Waals surface area contributed by atoms with Gasteiger partial charge in [-0.15, -0.1) is 0 Å². The van der Waals surface area contributed by atoms with Gasteiger partial charge in [0.2, 0.25) is 0 Å². The lowest BCUT2D eigenvalue weighted by molar-refractivity contribution is 0.150. The summed E-state index contributed by atoms with van der Waals surface area (Å²) < 4.78 is 5.29. The molecule has 12 heavy (non-hydrogen) atoms. The molecule has 2 unspecified atom stereocenters. The van der Waals surface area contributed by atoms with Crippen molar-refractivity contribution in [1.82, 2.24) is 0 Å². The van der Waals surface area contributed by atoms with Crippen LogP contribution < -0.4 is 0 Å². The Bertz CT molecular complexity index is 116. The molecule has 0 radical (unpaired) electrons. The van der Waals surface area contributed by atoms with Crippen LogP contribution in [-0.2, 0) is 4.74 Å². The third-order valence-electron chi connectivity index (χ3n) is 2.56. The van der Waals surface area contributed by atoms with E-state index in [1.165, 1.54) is 38.5 Å². The summed E-state index contributed by atoms with van der Waals surface area (Å²) >= 11 is 5.97. The Labute approximate surface area is 80.4 Å². The number of hydrogen-bond donors (Lipinski definition) is 0. The molecule has 1 nitrogen and oxygen atoms in total. The Hall–Kier alpha value is 0.250. The summed E-state index contributed by atoms with van der Waals surface area (Å²) in [6.07, 6.45) is 7.78. The van der Waals surface area contributed by atoms with Crippen molar-refractivity contribution in [2.45, 2.75) is 51.0 Å². The van der Waals surface area contributed by atoms with Crippen LogP contribution >= 0.6 is 11.6 Å².